The van der Waals surface area contributed by atoms with Crippen molar-refractivity contribution in [2.75, 3.05) is 13.2 Å². The minimum Gasteiger partial charge on any atom is -0.462 e. The first kappa shape index (κ1) is 61.4. The predicted octanol–water partition coefficient (Wildman–Crippen LogP) is 18.3. The molecule has 0 fully saturated rings. The second kappa shape index (κ2) is 48.3. The normalized spacial score (nSPS) is 12.6. The van der Waals surface area contributed by atoms with E-state index in [2.05, 4.69) is 41.5 Å². The van der Waals surface area contributed by atoms with Gasteiger partial charge in [-0.2, -0.15) is 0 Å². The van der Waals surface area contributed by atoms with Gasteiger partial charge in [-0.05, 0) is 37.0 Å². The summed E-state index contributed by atoms with van der Waals surface area (Å²) in [5.41, 5.74) is 0. The lowest BCUT2D eigenvalue weighted by Gasteiger charge is -2.18. The minimum atomic E-state index is -0.763. The first-order valence-corrected chi connectivity index (χ1v) is 28.1. The Balaban J connectivity index is 4.16. The first-order chi connectivity index (χ1) is 30.6. The van der Waals surface area contributed by atoms with Crippen molar-refractivity contribution in [1.29, 1.82) is 0 Å². The molecule has 0 spiro atoms. The van der Waals surface area contributed by atoms with E-state index in [1.54, 1.807) is 0 Å². The summed E-state index contributed by atoms with van der Waals surface area (Å²) in [5.74, 6) is 1.64. The molecule has 0 aromatic carbocycles. The second-order valence-electron chi connectivity index (χ2n) is 20.8. The summed E-state index contributed by atoms with van der Waals surface area (Å²) in [5, 5.41) is 0. The maximum absolute atomic E-state index is 12.7. The van der Waals surface area contributed by atoms with Crippen molar-refractivity contribution in [3.8, 4) is 0 Å². The predicted molar refractivity (Wildman–Crippen MR) is 270 cm³/mol. The molecule has 0 saturated heterocycles. The highest BCUT2D eigenvalue weighted by molar-refractivity contribution is 5.71. The maximum Gasteiger partial charge on any atom is 0.306 e. The Morgan fingerprint density at radius 2 is 0.556 bits per heavy atom. The van der Waals surface area contributed by atoms with Gasteiger partial charge in [0.05, 0.1) is 0 Å². The van der Waals surface area contributed by atoms with E-state index in [0.29, 0.717) is 19.3 Å². The smallest absolute Gasteiger partial charge is 0.306 e. The van der Waals surface area contributed by atoms with E-state index in [1.807, 2.05) is 0 Å². The highest BCUT2D eigenvalue weighted by Crippen LogP contribution is 2.19. The van der Waals surface area contributed by atoms with Crippen LogP contribution in [0.1, 0.15) is 311 Å². The molecule has 0 aromatic rings. The largest absolute Gasteiger partial charge is 0.462 e. The molecule has 2 atom stereocenters. The molecule has 63 heavy (non-hydrogen) atoms. The zero-order chi connectivity index (χ0) is 46.3. The van der Waals surface area contributed by atoms with Gasteiger partial charge in [-0.15, -0.1) is 0 Å². The molecule has 0 saturated carbocycles. The van der Waals surface area contributed by atoms with Crippen LogP contribution in [0.2, 0.25) is 0 Å². The van der Waals surface area contributed by atoms with Gasteiger partial charge in [0, 0.05) is 19.3 Å². The van der Waals surface area contributed by atoms with Gasteiger partial charge in [0.25, 0.3) is 0 Å². The molecule has 0 heterocycles. The Bertz CT molecular complexity index is 978. The fraction of sp³-hybridized carbons (Fsp3) is 0.947. The van der Waals surface area contributed by atoms with E-state index in [0.717, 1.165) is 75.5 Å². The second-order valence-corrected chi connectivity index (χ2v) is 20.8. The standard InChI is InChI=1S/C57H110O6/c1-7-53(6)45-39-33-26-22-18-14-12-10-8-9-11-13-15-19-23-27-34-40-46-55(58)61-49-54(63-57(60)48-42-36-30-29-32-38-44-52(4)5)50-62-56(59)47-41-35-28-24-20-16-17-21-25-31-37-43-51(2)3/h51-54H,7-50H2,1-6H3/t53?,54-/m0/s1. The third kappa shape index (κ3) is 49.7. The van der Waals surface area contributed by atoms with Gasteiger partial charge < -0.3 is 14.2 Å². The maximum atomic E-state index is 12.7. The number of hydrogen-bond donors (Lipinski definition) is 0. The number of esters is 3. The molecule has 0 aromatic heterocycles. The number of carbonyl (C=O) groups is 3. The molecule has 6 heteroatoms. The van der Waals surface area contributed by atoms with Gasteiger partial charge in [0.1, 0.15) is 13.2 Å². The average Bonchev–Trinajstić information content (AvgIpc) is 3.25. The minimum absolute atomic E-state index is 0.0651. The van der Waals surface area contributed by atoms with E-state index >= 15 is 0 Å². The SMILES string of the molecule is CCC(C)CCCCCCCCCCCCCCCCCCCCC(=O)OC[C@@H](COC(=O)CCCCCCCCCCCCCC(C)C)OC(=O)CCCCCCCCC(C)C. The van der Waals surface area contributed by atoms with Crippen molar-refractivity contribution in [3.63, 3.8) is 0 Å². The molecular formula is C57H110O6. The summed E-state index contributed by atoms with van der Waals surface area (Å²) in [6.45, 7) is 13.7. The van der Waals surface area contributed by atoms with Crippen molar-refractivity contribution in [3.05, 3.63) is 0 Å². The number of unbranched alkanes of at least 4 members (excludes halogenated alkanes) is 32. The zero-order valence-electron chi connectivity index (χ0n) is 43.4. The van der Waals surface area contributed by atoms with Crippen LogP contribution in [-0.4, -0.2) is 37.2 Å². The third-order valence-corrected chi connectivity index (χ3v) is 13.3. The monoisotopic (exact) mass is 891 g/mol. The molecule has 6 nitrogen and oxygen atoms in total. The Kier molecular flexibility index (Phi) is 47.1. The fourth-order valence-corrected chi connectivity index (χ4v) is 8.61. The molecule has 0 bridgehead atoms. The van der Waals surface area contributed by atoms with Gasteiger partial charge in [-0.3, -0.25) is 14.4 Å². The molecule has 0 N–H and O–H groups in total. The average molecular weight is 892 g/mol. The molecule has 0 rings (SSSR count). The van der Waals surface area contributed by atoms with Gasteiger partial charge in [-0.1, -0.05) is 273 Å². The van der Waals surface area contributed by atoms with E-state index in [1.165, 1.54) is 193 Å². The summed E-state index contributed by atoms with van der Waals surface area (Å²) in [6, 6.07) is 0. The highest BCUT2D eigenvalue weighted by atomic mass is 16.6. The highest BCUT2D eigenvalue weighted by Gasteiger charge is 2.19. The summed E-state index contributed by atoms with van der Waals surface area (Å²) >= 11 is 0. The lowest BCUT2D eigenvalue weighted by Crippen LogP contribution is -2.30. The van der Waals surface area contributed by atoms with Crippen LogP contribution >= 0.6 is 0 Å². The lowest BCUT2D eigenvalue weighted by molar-refractivity contribution is -0.167. The molecule has 0 amide bonds. The summed E-state index contributed by atoms with van der Waals surface area (Å²) in [7, 11) is 0. The molecular weight excluding hydrogens is 781 g/mol. The van der Waals surface area contributed by atoms with Crippen molar-refractivity contribution in [1.82, 2.24) is 0 Å². The van der Waals surface area contributed by atoms with Crippen LogP contribution in [0.5, 0.6) is 0 Å². The Labute approximate surface area is 393 Å². The zero-order valence-corrected chi connectivity index (χ0v) is 43.4. The topological polar surface area (TPSA) is 78.9 Å². The Morgan fingerprint density at radius 1 is 0.317 bits per heavy atom. The van der Waals surface area contributed by atoms with Gasteiger partial charge in [0.15, 0.2) is 6.10 Å². The van der Waals surface area contributed by atoms with E-state index in [4.69, 9.17) is 14.2 Å². The van der Waals surface area contributed by atoms with Crippen molar-refractivity contribution >= 4 is 17.9 Å². The van der Waals surface area contributed by atoms with E-state index in [-0.39, 0.29) is 31.1 Å². The molecule has 374 valence electrons. The van der Waals surface area contributed by atoms with E-state index < -0.39 is 6.10 Å². The van der Waals surface area contributed by atoms with E-state index in [9.17, 15) is 14.4 Å². The van der Waals surface area contributed by atoms with Crippen molar-refractivity contribution < 1.29 is 28.6 Å². The van der Waals surface area contributed by atoms with Crippen molar-refractivity contribution in [2.24, 2.45) is 17.8 Å². The summed E-state index contributed by atoms with van der Waals surface area (Å²) < 4.78 is 16.8. The summed E-state index contributed by atoms with van der Waals surface area (Å²) in [4.78, 5) is 38.0. The van der Waals surface area contributed by atoms with Crippen LogP contribution in [0.4, 0.5) is 0 Å². The number of rotatable bonds is 50. The Morgan fingerprint density at radius 3 is 0.825 bits per heavy atom. The first-order valence-electron chi connectivity index (χ1n) is 28.1. The van der Waals surface area contributed by atoms with Crippen LogP contribution in [0.15, 0.2) is 0 Å². The molecule has 0 aliphatic carbocycles. The molecule has 0 aliphatic rings. The van der Waals surface area contributed by atoms with Gasteiger partial charge in [-0.25, -0.2) is 0 Å². The van der Waals surface area contributed by atoms with Crippen LogP contribution in [0.3, 0.4) is 0 Å². The number of ether oxygens (including phenoxy) is 3. The quantitative estimate of drug-likeness (QED) is 0.0344. The number of hydrogen-bond acceptors (Lipinski definition) is 6. The molecule has 1 unspecified atom stereocenters. The van der Waals surface area contributed by atoms with Crippen molar-refractivity contribution in [2.45, 2.75) is 317 Å². The number of carbonyl (C=O) groups excluding carboxylic acids is 3. The summed E-state index contributed by atoms with van der Waals surface area (Å²) in [6.07, 6.45) is 49.7. The van der Waals surface area contributed by atoms with Crippen LogP contribution in [0.25, 0.3) is 0 Å². The van der Waals surface area contributed by atoms with Crippen LogP contribution in [-0.2, 0) is 28.6 Å². The fourth-order valence-electron chi connectivity index (χ4n) is 8.61. The third-order valence-electron chi connectivity index (χ3n) is 13.3. The molecule has 0 radical (unpaired) electrons. The molecule has 0 aliphatic heterocycles. The van der Waals surface area contributed by atoms with Crippen LogP contribution in [0, 0.1) is 17.8 Å². The Hall–Kier alpha value is -1.59. The van der Waals surface area contributed by atoms with Crippen LogP contribution < -0.4 is 0 Å². The van der Waals surface area contributed by atoms with Gasteiger partial charge >= 0.3 is 17.9 Å². The lowest BCUT2D eigenvalue weighted by atomic mass is 9.99. The van der Waals surface area contributed by atoms with Gasteiger partial charge in [0.2, 0.25) is 0 Å².